The summed E-state index contributed by atoms with van der Waals surface area (Å²) in [6.45, 7) is 0. The maximum Gasteiger partial charge on any atom is 0.426 e. The number of hydrogen-bond acceptors (Lipinski definition) is 9. The van der Waals surface area contributed by atoms with Crippen LogP contribution >= 0.6 is 23.0 Å². The van der Waals surface area contributed by atoms with Crippen LogP contribution in [0, 0.1) is 0 Å². The summed E-state index contributed by atoms with van der Waals surface area (Å²) in [5.41, 5.74) is 0. The SMILES string of the molecule is FC(F)(F)CC(F)(F)C(F)(F)OP1(OC(F)(F)C(F)(F)CC(F)(F)F)=NP(OC(F)(F)C(F)(F)CC(F)(F)F)(OC(F)(F)C(F)(F)CC(F)(F)F)=NP(OC(F)(F)C(F)(F)CC(F)(F)F)(OC(F)(F)C(F)(F)CC(F)(F)F)=N1. The average molecular weight is 1330 g/mol. The van der Waals surface area contributed by atoms with Crippen molar-refractivity contribution < 1.29 is 212 Å². The van der Waals surface area contributed by atoms with E-state index in [0.29, 0.717) is 13.5 Å². The summed E-state index contributed by atoms with van der Waals surface area (Å²) in [5.74, 6) is -48.4. The Bertz CT molecular complexity index is 1870. The topological polar surface area (TPSA) is 92.5 Å². The molecule has 0 aromatic rings. The van der Waals surface area contributed by atoms with Crippen LogP contribution in [0.3, 0.4) is 0 Å². The van der Waals surface area contributed by atoms with E-state index in [1.54, 1.807) is 0 Å². The fourth-order valence-electron chi connectivity index (χ4n) is 4.18. The van der Waals surface area contributed by atoms with E-state index in [9.17, 15) is 132 Å². The minimum atomic E-state index is -10.6. The van der Waals surface area contributed by atoms with Gasteiger partial charge in [0, 0.05) is 0 Å². The van der Waals surface area contributed by atoms with Crippen LogP contribution in [0.2, 0.25) is 0 Å². The normalized spacial score (nSPS) is 18.8. The molecule has 0 aromatic heterocycles. The Labute approximate surface area is 396 Å². The molecule has 0 unspecified atom stereocenters. The molecule has 0 N–H and O–H groups in total. The number of halogens is 42. The molecular weight excluding hydrogens is 1320 g/mol. The Morgan fingerprint density at radius 2 is 0.269 bits per heavy atom. The minimum Gasteiger partial charge on any atom is -0.235 e. The zero-order valence-electron chi connectivity index (χ0n) is 34.2. The maximum absolute atomic E-state index is 15.3. The van der Waals surface area contributed by atoms with Gasteiger partial charge in [-0.3, -0.25) is 0 Å². The van der Waals surface area contributed by atoms with E-state index in [0.717, 1.165) is 0 Å². The zero-order valence-corrected chi connectivity index (χ0v) is 36.9. The Morgan fingerprint density at radius 1 is 0.179 bits per heavy atom. The predicted molar refractivity (Wildman–Crippen MR) is 158 cm³/mol. The van der Waals surface area contributed by atoms with Crippen LogP contribution in [-0.2, 0) is 27.1 Å². The third-order valence-electron chi connectivity index (χ3n) is 7.17. The molecule has 78 heavy (non-hydrogen) atoms. The van der Waals surface area contributed by atoms with Crippen molar-refractivity contribution in [3.05, 3.63) is 0 Å². The van der Waals surface area contributed by atoms with Gasteiger partial charge in [-0.25, -0.2) is 27.1 Å². The molecule has 0 aliphatic carbocycles. The number of nitrogens with zero attached hydrogens (tertiary/aromatic N) is 3. The van der Waals surface area contributed by atoms with Crippen molar-refractivity contribution >= 4 is 23.0 Å². The summed E-state index contributed by atoms with van der Waals surface area (Å²) in [6.07, 6.45) is -126. The summed E-state index contributed by atoms with van der Waals surface area (Å²) in [6, 6.07) is 0. The molecule has 1 aliphatic rings. The largest absolute Gasteiger partial charge is 0.426 e. The van der Waals surface area contributed by atoms with Gasteiger partial charge < -0.3 is 0 Å². The third kappa shape index (κ3) is 19.3. The van der Waals surface area contributed by atoms with Crippen LogP contribution in [0.1, 0.15) is 38.5 Å². The van der Waals surface area contributed by atoms with Gasteiger partial charge in [0.2, 0.25) is 0 Å². The Morgan fingerprint density at radius 3 is 0.346 bits per heavy atom. The van der Waals surface area contributed by atoms with Crippen LogP contribution in [0.25, 0.3) is 0 Å². The van der Waals surface area contributed by atoms with Gasteiger partial charge in [-0.2, -0.15) is 184 Å². The molecule has 9 nitrogen and oxygen atoms in total. The van der Waals surface area contributed by atoms with Crippen LogP contribution in [-0.4, -0.2) is 109 Å². The molecule has 54 heteroatoms. The second-order valence-corrected chi connectivity index (χ2v) is 20.6. The molecule has 0 spiro atoms. The minimum absolute atomic E-state index is 0.589. The lowest BCUT2D eigenvalue weighted by Gasteiger charge is -2.41. The number of rotatable bonds is 24. The second kappa shape index (κ2) is 21.0. The van der Waals surface area contributed by atoms with Gasteiger partial charge in [-0.05, 0) is 0 Å². The summed E-state index contributed by atoms with van der Waals surface area (Å²) in [7, 11) is -31.7. The fourth-order valence-corrected chi connectivity index (χ4v) is 13.5. The highest BCUT2D eigenvalue weighted by Gasteiger charge is 2.76. The monoisotopic (exact) mass is 1330 g/mol. The summed E-state index contributed by atoms with van der Waals surface area (Å²) < 4.78 is 606. The first kappa shape index (κ1) is 73.5. The zero-order chi connectivity index (χ0) is 63.1. The summed E-state index contributed by atoms with van der Waals surface area (Å²) in [5, 5.41) is 0. The first-order chi connectivity index (χ1) is 33.1. The Kier molecular flexibility index (Phi) is 19.8. The molecule has 0 amide bonds. The van der Waals surface area contributed by atoms with E-state index in [4.69, 9.17) is 0 Å². The smallest absolute Gasteiger partial charge is 0.235 e. The van der Waals surface area contributed by atoms with Gasteiger partial charge in [0.25, 0.3) is 0 Å². The lowest BCUT2D eigenvalue weighted by atomic mass is 10.2. The molecule has 0 fully saturated rings. The van der Waals surface area contributed by atoms with E-state index in [-0.39, 0.29) is 0 Å². The Balaban J connectivity index is 5.76. The van der Waals surface area contributed by atoms with Crippen LogP contribution in [0.15, 0.2) is 13.5 Å². The molecule has 1 heterocycles. The highest BCUT2D eigenvalue weighted by atomic mass is 31.3. The van der Waals surface area contributed by atoms with E-state index >= 15 is 52.7 Å². The van der Waals surface area contributed by atoms with Crippen molar-refractivity contribution in [1.82, 2.24) is 0 Å². The predicted octanol–water partition coefficient (Wildman–Crippen LogP) is 19.0. The van der Waals surface area contributed by atoms with Crippen LogP contribution in [0.5, 0.6) is 0 Å². The van der Waals surface area contributed by atoms with Gasteiger partial charge in [0.1, 0.15) is 38.5 Å². The van der Waals surface area contributed by atoms with Crippen molar-refractivity contribution in [2.45, 2.75) is 148 Å². The standard InChI is InChI=1S/C24H12F42N3O6P3/c25-7(26,1-13(37,38)39)19(55,56)70-76(71-20(57,58)8(27,28)2-14(40,41)42)67-77(72-21(59,60)9(29,30)3-15(43,44)45,73-22(61,62)10(31,32)4-16(46,47)48)69-78(68-76,74-23(63,64)11(33,34)5-17(49,50)51)75-24(65,66)12(35,36)6-18(52,53)54/h1-6H2. The van der Waals surface area contributed by atoms with Gasteiger partial charge in [-0.15, -0.1) is 13.5 Å². The summed E-state index contributed by atoms with van der Waals surface area (Å²) >= 11 is 0. The molecule has 0 radical (unpaired) electrons. The third-order valence-corrected chi connectivity index (χ3v) is 15.4. The Hall–Kier alpha value is -2.49. The van der Waals surface area contributed by atoms with Crippen molar-refractivity contribution in [2.24, 2.45) is 13.5 Å². The van der Waals surface area contributed by atoms with E-state index in [1.165, 1.54) is 0 Å². The first-order valence-electron chi connectivity index (χ1n) is 17.2. The lowest BCUT2D eigenvalue weighted by Crippen LogP contribution is -2.49. The molecule has 468 valence electrons. The summed E-state index contributed by atoms with van der Waals surface area (Å²) in [4.78, 5) is 0. The fraction of sp³-hybridized carbons (Fsp3) is 1.00. The van der Waals surface area contributed by atoms with Gasteiger partial charge in [0.05, 0.1) is 0 Å². The van der Waals surface area contributed by atoms with Crippen LogP contribution < -0.4 is 0 Å². The molecule has 1 aliphatic heterocycles. The molecule has 0 bridgehead atoms. The lowest BCUT2D eigenvalue weighted by molar-refractivity contribution is -0.357. The van der Waals surface area contributed by atoms with Gasteiger partial charge in [0.15, 0.2) is 0 Å². The molecule has 0 saturated carbocycles. The molecule has 0 atom stereocenters. The molecule has 0 aromatic carbocycles. The second-order valence-electron chi connectivity index (χ2n) is 14.4. The maximum atomic E-state index is 15.3. The van der Waals surface area contributed by atoms with Crippen LogP contribution in [0.4, 0.5) is 184 Å². The van der Waals surface area contributed by atoms with Crippen molar-refractivity contribution in [2.75, 3.05) is 0 Å². The van der Waals surface area contributed by atoms with Gasteiger partial charge in [-0.1, -0.05) is 0 Å². The number of hydrogen-bond donors (Lipinski definition) is 0. The van der Waals surface area contributed by atoms with Crippen molar-refractivity contribution in [3.63, 3.8) is 0 Å². The van der Waals surface area contributed by atoms with E-state index in [1.807, 2.05) is 0 Å². The number of alkyl halides is 42. The quantitative estimate of drug-likeness (QED) is 0.0706. The first-order valence-corrected chi connectivity index (χ1v) is 21.8. The molecule has 0 saturated heterocycles. The average Bonchev–Trinajstić information content (AvgIpc) is 2.99. The van der Waals surface area contributed by atoms with Crippen molar-refractivity contribution in [1.29, 1.82) is 0 Å². The van der Waals surface area contributed by atoms with Crippen molar-refractivity contribution in [3.8, 4) is 0 Å². The highest BCUT2D eigenvalue weighted by molar-refractivity contribution is 7.78. The van der Waals surface area contributed by atoms with Gasteiger partial charge >= 0.3 is 132 Å². The van der Waals surface area contributed by atoms with E-state index < -0.39 is 171 Å². The van der Waals surface area contributed by atoms with E-state index in [2.05, 4.69) is 27.1 Å². The highest BCUT2D eigenvalue weighted by Crippen LogP contribution is 2.86. The molecular formula is C24H12F42N3O6P3. The molecule has 1 rings (SSSR count).